The Morgan fingerprint density at radius 3 is 1.27 bits per heavy atom. The molecule has 2 heterocycles. The van der Waals surface area contributed by atoms with Gasteiger partial charge < -0.3 is 4.57 Å². The Hall–Kier alpha value is -7.43. The Balaban J connectivity index is 1.23. The number of aromatic nitrogens is 4. The monoisotopic (exact) mass is 702 g/mol. The van der Waals surface area contributed by atoms with Gasteiger partial charge in [-0.1, -0.05) is 176 Å². The lowest BCUT2D eigenvalue weighted by Crippen LogP contribution is -2.04. The highest BCUT2D eigenvalue weighted by molar-refractivity contribution is 6.09. The molecule has 4 nitrogen and oxygen atoms in total. The van der Waals surface area contributed by atoms with E-state index < -0.39 is 0 Å². The quantitative estimate of drug-likeness (QED) is 0.166. The summed E-state index contributed by atoms with van der Waals surface area (Å²) in [6, 6.07) is 72.2. The average molecular weight is 703 g/mol. The van der Waals surface area contributed by atoms with Crippen LogP contribution in [0.15, 0.2) is 206 Å². The Bertz CT molecular complexity index is 2900. The predicted molar refractivity (Wildman–Crippen MR) is 227 cm³/mol. The maximum absolute atomic E-state index is 5.33. The van der Waals surface area contributed by atoms with E-state index in [1.54, 1.807) is 0 Å². The van der Waals surface area contributed by atoms with Crippen molar-refractivity contribution in [2.45, 2.75) is 0 Å². The van der Waals surface area contributed by atoms with Crippen LogP contribution in [0, 0.1) is 0 Å². The molecular weight excluding hydrogens is 669 g/mol. The molecule has 0 N–H and O–H groups in total. The van der Waals surface area contributed by atoms with E-state index in [0.717, 1.165) is 66.8 Å². The second-order valence-corrected chi connectivity index (χ2v) is 13.7. The van der Waals surface area contributed by atoms with Crippen molar-refractivity contribution in [3.63, 3.8) is 0 Å². The minimum atomic E-state index is 0.604. The zero-order chi connectivity index (χ0) is 36.6. The number of benzene rings is 8. The summed E-state index contributed by atoms with van der Waals surface area (Å²) in [4.78, 5) is 15.8. The molecule has 0 spiro atoms. The molecule has 0 fully saturated rings. The zero-order valence-electron chi connectivity index (χ0n) is 29.9. The van der Waals surface area contributed by atoms with Gasteiger partial charge in [-0.2, -0.15) is 0 Å². The topological polar surface area (TPSA) is 43.6 Å². The molecular formula is C51H34N4. The van der Waals surface area contributed by atoms with Crippen molar-refractivity contribution in [1.29, 1.82) is 0 Å². The second kappa shape index (κ2) is 13.8. The lowest BCUT2D eigenvalue weighted by atomic mass is 10.0. The fourth-order valence-corrected chi connectivity index (χ4v) is 7.57. The fourth-order valence-electron chi connectivity index (χ4n) is 7.57. The summed E-state index contributed by atoms with van der Waals surface area (Å²) in [5, 5.41) is 2.40. The van der Waals surface area contributed by atoms with E-state index in [1.807, 2.05) is 18.2 Å². The van der Waals surface area contributed by atoms with Crippen LogP contribution in [0.1, 0.15) is 0 Å². The van der Waals surface area contributed by atoms with Crippen LogP contribution in [0.5, 0.6) is 0 Å². The zero-order valence-corrected chi connectivity index (χ0v) is 29.9. The number of nitrogens with zero attached hydrogens (tertiary/aromatic N) is 4. The molecule has 0 unspecified atom stereocenters. The molecule has 258 valence electrons. The molecule has 10 aromatic rings. The van der Waals surface area contributed by atoms with E-state index in [1.165, 1.54) is 10.8 Å². The van der Waals surface area contributed by atoms with Crippen LogP contribution in [0.2, 0.25) is 0 Å². The van der Waals surface area contributed by atoms with Crippen molar-refractivity contribution < 1.29 is 0 Å². The highest BCUT2D eigenvalue weighted by atomic mass is 15.1. The van der Waals surface area contributed by atoms with E-state index in [0.29, 0.717) is 17.5 Å². The van der Waals surface area contributed by atoms with Crippen molar-refractivity contribution in [2.24, 2.45) is 0 Å². The second-order valence-electron chi connectivity index (χ2n) is 13.7. The van der Waals surface area contributed by atoms with Gasteiger partial charge in [-0.25, -0.2) is 15.0 Å². The number of rotatable bonds is 7. The van der Waals surface area contributed by atoms with Gasteiger partial charge >= 0.3 is 0 Å². The third kappa shape index (κ3) is 6.06. The Morgan fingerprint density at radius 2 is 0.673 bits per heavy atom. The van der Waals surface area contributed by atoms with Crippen molar-refractivity contribution in [3.05, 3.63) is 206 Å². The van der Waals surface area contributed by atoms with Gasteiger partial charge in [-0.15, -0.1) is 0 Å². The molecule has 0 aliphatic carbocycles. The largest absolute Gasteiger partial charge is 0.309 e. The minimum Gasteiger partial charge on any atom is -0.309 e. The van der Waals surface area contributed by atoms with Gasteiger partial charge in [-0.05, 0) is 63.7 Å². The Kier molecular flexibility index (Phi) is 8.12. The molecule has 0 aliphatic rings. The third-order valence-corrected chi connectivity index (χ3v) is 10.3. The molecule has 0 amide bonds. The molecule has 2 aromatic heterocycles. The summed E-state index contributed by atoms with van der Waals surface area (Å²) in [6.45, 7) is 0. The first-order valence-electron chi connectivity index (χ1n) is 18.5. The van der Waals surface area contributed by atoms with Crippen LogP contribution in [0.25, 0.3) is 95.0 Å². The molecule has 4 heteroatoms. The van der Waals surface area contributed by atoms with Crippen molar-refractivity contribution in [3.8, 4) is 73.2 Å². The molecule has 0 saturated carbocycles. The molecule has 0 atom stereocenters. The first-order valence-corrected chi connectivity index (χ1v) is 18.5. The summed E-state index contributed by atoms with van der Waals surface area (Å²) >= 11 is 0. The van der Waals surface area contributed by atoms with E-state index in [4.69, 9.17) is 15.0 Å². The molecule has 0 saturated heterocycles. The maximum atomic E-state index is 5.33. The van der Waals surface area contributed by atoms with Crippen molar-refractivity contribution in [2.75, 3.05) is 0 Å². The fraction of sp³-hybridized carbons (Fsp3) is 0. The first-order chi connectivity index (χ1) is 27.3. The number of hydrogen-bond acceptors (Lipinski definition) is 3. The molecule has 10 rings (SSSR count). The summed E-state index contributed by atoms with van der Waals surface area (Å²) < 4.78 is 2.35. The highest BCUT2D eigenvalue weighted by Gasteiger charge is 2.20. The van der Waals surface area contributed by atoms with Gasteiger partial charge in [-0.3, -0.25) is 0 Å². The highest BCUT2D eigenvalue weighted by Crippen LogP contribution is 2.38. The minimum absolute atomic E-state index is 0.604. The summed E-state index contributed by atoms with van der Waals surface area (Å²) in [7, 11) is 0. The average Bonchev–Trinajstić information content (AvgIpc) is 3.61. The molecule has 55 heavy (non-hydrogen) atoms. The molecule has 0 radical (unpaired) electrons. The number of fused-ring (bicyclic) bond motifs is 3. The summed E-state index contributed by atoms with van der Waals surface area (Å²) in [6.07, 6.45) is 0. The maximum Gasteiger partial charge on any atom is 0.166 e. The van der Waals surface area contributed by atoms with Gasteiger partial charge in [0, 0.05) is 27.5 Å². The smallest absolute Gasteiger partial charge is 0.166 e. The third-order valence-electron chi connectivity index (χ3n) is 10.3. The van der Waals surface area contributed by atoms with Crippen molar-refractivity contribution in [1.82, 2.24) is 19.5 Å². The Morgan fingerprint density at radius 1 is 0.273 bits per heavy atom. The van der Waals surface area contributed by atoms with Crippen LogP contribution in [-0.4, -0.2) is 19.5 Å². The van der Waals surface area contributed by atoms with Crippen molar-refractivity contribution >= 4 is 21.8 Å². The van der Waals surface area contributed by atoms with Crippen LogP contribution in [-0.2, 0) is 0 Å². The standard InChI is InChI=1S/C51H34N4/c1-4-15-35(16-5-1)38-27-29-39(30-28-38)49-52-50(42-22-14-21-40(33-42)36-17-6-2-7-18-36)54-51(53-49)45-34-41(37-19-8-3-9-20-37)31-32-48(45)55-46-25-12-10-23-43(46)44-24-11-13-26-47(44)55/h1-34H. The lowest BCUT2D eigenvalue weighted by molar-refractivity contribution is 1.06. The van der Waals surface area contributed by atoms with Gasteiger partial charge in [0.05, 0.1) is 16.7 Å². The number of hydrogen-bond donors (Lipinski definition) is 0. The lowest BCUT2D eigenvalue weighted by Gasteiger charge is -2.16. The molecule has 0 bridgehead atoms. The van der Waals surface area contributed by atoms with Gasteiger partial charge in [0.2, 0.25) is 0 Å². The van der Waals surface area contributed by atoms with Crippen LogP contribution < -0.4 is 0 Å². The van der Waals surface area contributed by atoms with E-state index in [9.17, 15) is 0 Å². The van der Waals surface area contributed by atoms with Gasteiger partial charge in [0.15, 0.2) is 17.5 Å². The normalized spacial score (nSPS) is 11.3. The van der Waals surface area contributed by atoms with Crippen LogP contribution >= 0.6 is 0 Å². The van der Waals surface area contributed by atoms with Crippen LogP contribution in [0.4, 0.5) is 0 Å². The summed E-state index contributed by atoms with van der Waals surface area (Å²) in [5.41, 5.74) is 12.8. The van der Waals surface area contributed by atoms with Gasteiger partial charge in [0.1, 0.15) is 0 Å². The SMILES string of the molecule is c1ccc(-c2ccc(-c3nc(-c4cccc(-c5ccccc5)c4)nc(-c4cc(-c5ccccc5)ccc4-n4c5ccccc5c5ccccc54)n3)cc2)cc1. The van der Waals surface area contributed by atoms with E-state index >= 15 is 0 Å². The van der Waals surface area contributed by atoms with Crippen LogP contribution in [0.3, 0.4) is 0 Å². The van der Waals surface area contributed by atoms with E-state index in [2.05, 4.69) is 193 Å². The summed E-state index contributed by atoms with van der Waals surface area (Å²) in [5.74, 6) is 1.83. The molecule has 8 aromatic carbocycles. The first kappa shape index (κ1) is 32.2. The predicted octanol–water partition coefficient (Wildman–Crippen LogP) is 13.0. The Labute approximate surface area is 319 Å². The van der Waals surface area contributed by atoms with Gasteiger partial charge in [0.25, 0.3) is 0 Å². The molecule has 0 aliphatic heterocycles. The number of para-hydroxylation sites is 2. The van der Waals surface area contributed by atoms with E-state index in [-0.39, 0.29) is 0 Å².